The molecule has 0 aliphatic carbocycles. The quantitative estimate of drug-likeness (QED) is 0.880. The molecule has 0 saturated heterocycles. The van der Waals surface area contributed by atoms with Gasteiger partial charge in [0.1, 0.15) is 0 Å². The Morgan fingerprint density at radius 1 is 1.14 bits per heavy atom. The molecule has 0 bridgehead atoms. The molecule has 0 spiro atoms. The van der Waals surface area contributed by atoms with Gasteiger partial charge in [0, 0.05) is 31.5 Å². The van der Waals surface area contributed by atoms with E-state index >= 15 is 0 Å². The number of aromatic nitrogens is 1. The fourth-order valence-corrected chi connectivity index (χ4v) is 2.77. The third kappa shape index (κ3) is 3.72. The Labute approximate surface area is 125 Å². The van der Waals surface area contributed by atoms with Crippen molar-refractivity contribution in [2.24, 2.45) is 12.2 Å². The first-order valence-corrected chi connectivity index (χ1v) is 8.28. The molecular formula is C15H21N3O2S. The molecule has 0 saturated carbocycles. The summed E-state index contributed by atoms with van der Waals surface area (Å²) in [5.74, 6) is 0. The second-order valence-corrected chi connectivity index (χ2v) is 6.81. The van der Waals surface area contributed by atoms with Crippen LogP contribution in [-0.4, -0.2) is 13.0 Å². The number of benzene rings is 1. The molecule has 2 rings (SSSR count). The van der Waals surface area contributed by atoms with Gasteiger partial charge >= 0.3 is 0 Å². The largest absolute Gasteiger partial charge is 0.352 e. The first-order valence-electron chi connectivity index (χ1n) is 6.73. The lowest BCUT2D eigenvalue weighted by Crippen LogP contribution is -2.14. The summed E-state index contributed by atoms with van der Waals surface area (Å²) in [4.78, 5) is 0.140. The monoisotopic (exact) mass is 307 g/mol. The van der Waals surface area contributed by atoms with Crippen molar-refractivity contribution in [1.29, 1.82) is 0 Å². The number of rotatable bonds is 5. The van der Waals surface area contributed by atoms with Gasteiger partial charge in [0.05, 0.1) is 4.90 Å². The molecule has 3 N–H and O–H groups in total. The Hall–Kier alpha value is -1.63. The molecule has 1 aromatic carbocycles. The van der Waals surface area contributed by atoms with Crippen molar-refractivity contribution < 1.29 is 8.42 Å². The van der Waals surface area contributed by atoms with Crippen molar-refractivity contribution in [3.8, 4) is 0 Å². The van der Waals surface area contributed by atoms with Crippen LogP contribution in [0, 0.1) is 13.8 Å². The molecule has 0 unspecified atom stereocenters. The summed E-state index contributed by atoms with van der Waals surface area (Å²) in [5.41, 5.74) is 4.79. The minimum atomic E-state index is -3.61. The number of primary sulfonamides is 1. The van der Waals surface area contributed by atoms with Gasteiger partial charge in [-0.1, -0.05) is 12.1 Å². The second-order valence-electron chi connectivity index (χ2n) is 5.25. The fraction of sp³-hybridized carbons (Fsp3) is 0.333. The van der Waals surface area contributed by atoms with Crippen LogP contribution in [0.3, 0.4) is 0 Å². The van der Waals surface area contributed by atoms with Gasteiger partial charge in [-0.3, -0.25) is 0 Å². The molecule has 0 aliphatic rings. The van der Waals surface area contributed by atoms with Crippen LogP contribution in [0.2, 0.25) is 0 Å². The van der Waals surface area contributed by atoms with E-state index in [2.05, 4.69) is 36.8 Å². The van der Waals surface area contributed by atoms with E-state index in [4.69, 9.17) is 5.14 Å². The van der Waals surface area contributed by atoms with Crippen LogP contribution in [0.15, 0.2) is 35.2 Å². The molecule has 0 fully saturated rings. The number of nitrogens with two attached hydrogens (primary N) is 1. The predicted octanol–water partition coefficient (Wildman–Crippen LogP) is 1.58. The van der Waals surface area contributed by atoms with E-state index in [0.717, 1.165) is 12.1 Å². The van der Waals surface area contributed by atoms with Crippen LogP contribution in [0.5, 0.6) is 0 Å². The van der Waals surface area contributed by atoms with Crippen molar-refractivity contribution in [2.45, 2.75) is 31.8 Å². The summed E-state index contributed by atoms with van der Waals surface area (Å²) in [6.07, 6.45) is 0. The van der Waals surface area contributed by atoms with E-state index in [1.165, 1.54) is 29.1 Å². The lowest BCUT2D eigenvalue weighted by Gasteiger charge is -2.06. The van der Waals surface area contributed by atoms with Gasteiger partial charge in [-0.15, -0.1) is 0 Å². The number of hydrogen-bond acceptors (Lipinski definition) is 3. The zero-order valence-electron chi connectivity index (χ0n) is 12.6. The van der Waals surface area contributed by atoms with E-state index in [-0.39, 0.29) is 4.90 Å². The molecule has 0 radical (unpaired) electrons. The lowest BCUT2D eigenvalue weighted by atomic mass is 10.2. The Kier molecular flexibility index (Phi) is 4.51. The minimum absolute atomic E-state index is 0.140. The van der Waals surface area contributed by atoms with Crippen LogP contribution < -0.4 is 10.5 Å². The van der Waals surface area contributed by atoms with Gasteiger partial charge in [0.25, 0.3) is 0 Å². The third-order valence-corrected chi connectivity index (χ3v) is 4.71. The van der Waals surface area contributed by atoms with E-state index in [1.54, 1.807) is 12.1 Å². The Morgan fingerprint density at radius 2 is 1.76 bits per heavy atom. The molecule has 2 aromatic rings. The maximum absolute atomic E-state index is 11.2. The molecule has 5 nitrogen and oxygen atoms in total. The van der Waals surface area contributed by atoms with Gasteiger partial charge < -0.3 is 9.88 Å². The SMILES string of the molecule is Cc1cc(CNCc2ccc(S(N)(=O)=O)cc2)c(C)n1C. The first kappa shape index (κ1) is 15.8. The molecule has 1 heterocycles. The number of sulfonamides is 1. The van der Waals surface area contributed by atoms with Gasteiger partial charge in [0.2, 0.25) is 10.0 Å². The van der Waals surface area contributed by atoms with Crippen molar-refractivity contribution >= 4 is 10.0 Å². The van der Waals surface area contributed by atoms with Gasteiger partial charge in [-0.25, -0.2) is 13.6 Å². The average molecular weight is 307 g/mol. The Bertz CT molecular complexity index is 731. The maximum atomic E-state index is 11.2. The summed E-state index contributed by atoms with van der Waals surface area (Å²) in [7, 11) is -1.56. The Morgan fingerprint density at radius 3 is 2.24 bits per heavy atom. The highest BCUT2D eigenvalue weighted by Crippen LogP contribution is 2.13. The molecule has 0 amide bonds. The average Bonchev–Trinajstić information content (AvgIpc) is 2.66. The molecule has 6 heteroatoms. The highest BCUT2D eigenvalue weighted by atomic mass is 32.2. The van der Waals surface area contributed by atoms with E-state index in [9.17, 15) is 8.42 Å². The third-order valence-electron chi connectivity index (χ3n) is 3.78. The second kappa shape index (κ2) is 6.01. The number of hydrogen-bond donors (Lipinski definition) is 2. The smallest absolute Gasteiger partial charge is 0.238 e. The zero-order valence-corrected chi connectivity index (χ0v) is 13.4. The lowest BCUT2D eigenvalue weighted by molar-refractivity contribution is 0.597. The van der Waals surface area contributed by atoms with Gasteiger partial charge in [-0.2, -0.15) is 0 Å². The maximum Gasteiger partial charge on any atom is 0.238 e. The van der Waals surface area contributed by atoms with Crippen LogP contribution >= 0.6 is 0 Å². The van der Waals surface area contributed by atoms with Gasteiger partial charge in [0.15, 0.2) is 0 Å². The van der Waals surface area contributed by atoms with Crippen LogP contribution in [-0.2, 0) is 30.2 Å². The Balaban J connectivity index is 1.96. The van der Waals surface area contributed by atoms with Crippen molar-refractivity contribution in [2.75, 3.05) is 0 Å². The van der Waals surface area contributed by atoms with Crippen LogP contribution in [0.25, 0.3) is 0 Å². The van der Waals surface area contributed by atoms with E-state index in [1.807, 2.05) is 0 Å². The zero-order chi connectivity index (χ0) is 15.6. The van der Waals surface area contributed by atoms with E-state index in [0.29, 0.717) is 6.54 Å². The highest BCUT2D eigenvalue weighted by molar-refractivity contribution is 7.89. The predicted molar refractivity (Wildman–Crippen MR) is 83.2 cm³/mol. The minimum Gasteiger partial charge on any atom is -0.352 e. The van der Waals surface area contributed by atoms with Crippen molar-refractivity contribution in [3.05, 3.63) is 52.8 Å². The highest BCUT2D eigenvalue weighted by Gasteiger charge is 2.07. The molecular weight excluding hydrogens is 286 g/mol. The summed E-state index contributed by atoms with van der Waals surface area (Å²) in [6.45, 7) is 5.65. The summed E-state index contributed by atoms with van der Waals surface area (Å²) in [5, 5.41) is 8.43. The summed E-state index contributed by atoms with van der Waals surface area (Å²) < 4.78 is 24.5. The molecule has 21 heavy (non-hydrogen) atoms. The van der Waals surface area contributed by atoms with Crippen molar-refractivity contribution in [1.82, 2.24) is 9.88 Å². The van der Waals surface area contributed by atoms with E-state index < -0.39 is 10.0 Å². The summed E-state index contributed by atoms with van der Waals surface area (Å²) >= 11 is 0. The van der Waals surface area contributed by atoms with Crippen molar-refractivity contribution in [3.63, 3.8) is 0 Å². The number of aryl methyl sites for hydroxylation is 1. The fourth-order valence-electron chi connectivity index (χ4n) is 2.25. The molecule has 114 valence electrons. The molecule has 0 atom stereocenters. The molecule has 1 aromatic heterocycles. The first-order chi connectivity index (χ1) is 9.79. The number of nitrogens with one attached hydrogen (secondary N) is 1. The van der Waals surface area contributed by atoms with Gasteiger partial charge in [-0.05, 0) is 43.2 Å². The van der Waals surface area contributed by atoms with Crippen LogP contribution in [0.4, 0.5) is 0 Å². The normalized spacial score (nSPS) is 11.8. The standard InChI is InChI=1S/C15H21N3O2S/c1-11-8-14(12(2)18(11)3)10-17-9-13-4-6-15(7-5-13)21(16,19)20/h4-8,17H,9-10H2,1-3H3,(H2,16,19,20). The number of nitrogens with zero attached hydrogens (tertiary/aromatic N) is 1. The van der Waals surface area contributed by atoms with Crippen LogP contribution in [0.1, 0.15) is 22.5 Å². The molecule has 0 aliphatic heterocycles. The summed E-state index contributed by atoms with van der Waals surface area (Å²) in [6, 6.07) is 8.78. The topological polar surface area (TPSA) is 77.1 Å².